The molecular weight excluding hydrogens is 580 g/mol. The highest BCUT2D eigenvalue weighted by atomic mass is 16.5. The SMILES string of the molecule is CCCC/C=C/CO[C@H]1CC[C@@]2(C)[C@H](CC[C@@H]3[C@@H]2CC[C@]2(C)[C@@H]([C@H](C)CCC(=O)NCCCNCCCNCCCCN)CC[C@@H]32)C1. The molecule has 0 saturated heterocycles. The summed E-state index contributed by atoms with van der Waals surface area (Å²) >= 11 is 0. The molecule has 0 unspecified atom stereocenters. The lowest BCUT2D eigenvalue weighted by Gasteiger charge is -2.61. The monoisotopic (exact) mass is 657 g/mol. The van der Waals surface area contributed by atoms with Gasteiger partial charge in [-0.25, -0.2) is 0 Å². The number of rotatable bonds is 22. The van der Waals surface area contributed by atoms with Gasteiger partial charge in [-0.3, -0.25) is 4.79 Å². The third-order valence-electron chi connectivity index (χ3n) is 13.9. The molecule has 9 atom stereocenters. The van der Waals surface area contributed by atoms with Crippen molar-refractivity contribution < 1.29 is 9.53 Å². The number of fused-ring (bicyclic) bond motifs is 5. The highest BCUT2D eigenvalue weighted by Gasteiger charge is 2.60. The first kappa shape index (κ1) is 38.8. The molecular formula is C41H76N4O2. The van der Waals surface area contributed by atoms with E-state index in [0.29, 0.717) is 29.3 Å². The summed E-state index contributed by atoms with van der Waals surface area (Å²) in [4.78, 5) is 12.7. The molecule has 47 heavy (non-hydrogen) atoms. The molecule has 0 aromatic carbocycles. The normalized spacial score (nSPS) is 34.1. The largest absolute Gasteiger partial charge is 0.374 e. The molecule has 0 spiro atoms. The van der Waals surface area contributed by atoms with Crippen LogP contribution >= 0.6 is 0 Å². The van der Waals surface area contributed by atoms with Gasteiger partial charge in [-0.05, 0) is 175 Å². The van der Waals surface area contributed by atoms with E-state index in [4.69, 9.17) is 10.5 Å². The number of hydrogen-bond acceptors (Lipinski definition) is 5. The maximum atomic E-state index is 12.7. The van der Waals surface area contributed by atoms with Gasteiger partial charge in [-0.15, -0.1) is 0 Å². The van der Waals surface area contributed by atoms with Crippen LogP contribution in [0.3, 0.4) is 0 Å². The molecule has 4 rings (SSSR count). The first-order valence-electron chi connectivity index (χ1n) is 20.5. The second-order valence-electron chi connectivity index (χ2n) is 16.8. The van der Waals surface area contributed by atoms with Crippen molar-refractivity contribution in [1.82, 2.24) is 16.0 Å². The topological polar surface area (TPSA) is 88.4 Å². The molecule has 6 nitrogen and oxygen atoms in total. The van der Waals surface area contributed by atoms with E-state index in [1.54, 1.807) is 0 Å². The van der Waals surface area contributed by atoms with Crippen molar-refractivity contribution in [3.63, 3.8) is 0 Å². The molecule has 0 aliphatic heterocycles. The Morgan fingerprint density at radius 1 is 0.851 bits per heavy atom. The minimum Gasteiger partial charge on any atom is -0.374 e. The van der Waals surface area contributed by atoms with Crippen LogP contribution in [0, 0.1) is 46.3 Å². The summed E-state index contributed by atoms with van der Waals surface area (Å²) in [5, 5.41) is 10.2. The lowest BCUT2D eigenvalue weighted by Crippen LogP contribution is -2.54. The van der Waals surface area contributed by atoms with Crippen LogP contribution in [0.15, 0.2) is 12.2 Å². The van der Waals surface area contributed by atoms with Crippen LogP contribution in [0.5, 0.6) is 0 Å². The maximum Gasteiger partial charge on any atom is 0.220 e. The van der Waals surface area contributed by atoms with Gasteiger partial charge in [-0.1, -0.05) is 52.7 Å². The average Bonchev–Trinajstić information content (AvgIpc) is 3.43. The zero-order chi connectivity index (χ0) is 33.5. The van der Waals surface area contributed by atoms with Crippen LogP contribution < -0.4 is 21.7 Å². The Morgan fingerprint density at radius 2 is 1.57 bits per heavy atom. The van der Waals surface area contributed by atoms with Gasteiger partial charge >= 0.3 is 0 Å². The van der Waals surface area contributed by atoms with E-state index in [9.17, 15) is 4.79 Å². The number of nitrogens with one attached hydrogen (secondary N) is 3. The average molecular weight is 657 g/mol. The summed E-state index contributed by atoms with van der Waals surface area (Å²) < 4.78 is 6.40. The van der Waals surface area contributed by atoms with Gasteiger partial charge in [0.15, 0.2) is 0 Å². The Balaban J connectivity index is 1.13. The molecule has 5 N–H and O–H groups in total. The Labute approximate surface area is 290 Å². The van der Waals surface area contributed by atoms with E-state index in [0.717, 1.165) is 101 Å². The van der Waals surface area contributed by atoms with Crippen molar-refractivity contribution >= 4 is 5.91 Å². The zero-order valence-corrected chi connectivity index (χ0v) is 31.3. The number of unbranched alkanes of at least 4 members (excludes halogenated alkanes) is 3. The van der Waals surface area contributed by atoms with Gasteiger partial charge in [-0.2, -0.15) is 0 Å². The molecule has 4 aliphatic rings. The van der Waals surface area contributed by atoms with E-state index >= 15 is 0 Å². The molecule has 0 radical (unpaired) electrons. The van der Waals surface area contributed by atoms with Gasteiger partial charge in [0.25, 0.3) is 0 Å². The zero-order valence-electron chi connectivity index (χ0n) is 31.3. The lowest BCUT2D eigenvalue weighted by molar-refractivity contribution is -0.135. The van der Waals surface area contributed by atoms with Crippen LogP contribution in [0.25, 0.3) is 0 Å². The molecule has 0 heterocycles. The number of amides is 1. The number of ether oxygens (including phenoxy) is 1. The van der Waals surface area contributed by atoms with E-state index in [1.807, 2.05) is 0 Å². The van der Waals surface area contributed by atoms with Crippen molar-refractivity contribution in [2.45, 2.75) is 149 Å². The lowest BCUT2D eigenvalue weighted by atomic mass is 9.44. The summed E-state index contributed by atoms with van der Waals surface area (Å²) in [6, 6.07) is 0. The van der Waals surface area contributed by atoms with Gasteiger partial charge in [0.05, 0.1) is 12.7 Å². The standard InChI is InChI=1S/C41H76N4O2/c1-5-6-7-8-11-30-47-34-20-22-40(3)33(31-34)15-16-35-37-18-17-36(41(37,4)23-21-38(35)40)32(2)14-19-39(46)45-29-13-28-44-27-12-26-43-25-10-9-24-42/h8,11,32-38,43-44H,5-7,9-10,12-31,42H2,1-4H3,(H,45,46)/b11-8+/t32-,33-,34+,35+,36-,37+,38+,40+,41-/m1/s1. The van der Waals surface area contributed by atoms with Gasteiger partial charge in [0, 0.05) is 13.0 Å². The first-order valence-corrected chi connectivity index (χ1v) is 20.5. The third kappa shape index (κ3) is 10.8. The highest BCUT2D eigenvalue weighted by Crippen LogP contribution is 2.68. The van der Waals surface area contributed by atoms with Crippen LogP contribution in [0.4, 0.5) is 0 Å². The first-order chi connectivity index (χ1) is 22.8. The highest BCUT2D eigenvalue weighted by molar-refractivity contribution is 5.75. The van der Waals surface area contributed by atoms with Crippen LogP contribution in [0.2, 0.25) is 0 Å². The fourth-order valence-corrected chi connectivity index (χ4v) is 11.1. The molecule has 0 aromatic heterocycles. The minimum atomic E-state index is 0.250. The van der Waals surface area contributed by atoms with E-state index < -0.39 is 0 Å². The van der Waals surface area contributed by atoms with Crippen molar-refractivity contribution in [2.24, 2.45) is 52.1 Å². The van der Waals surface area contributed by atoms with E-state index in [-0.39, 0.29) is 5.91 Å². The van der Waals surface area contributed by atoms with Crippen LogP contribution in [0.1, 0.15) is 143 Å². The Kier molecular flexibility index (Phi) is 16.6. The summed E-state index contributed by atoms with van der Waals surface area (Å²) in [5.74, 6) is 5.23. The smallest absolute Gasteiger partial charge is 0.220 e. The predicted octanol–water partition coefficient (Wildman–Crippen LogP) is 8.01. The van der Waals surface area contributed by atoms with Crippen molar-refractivity contribution in [1.29, 1.82) is 0 Å². The molecule has 4 aliphatic carbocycles. The second kappa shape index (κ2) is 20.0. The number of allylic oxidation sites excluding steroid dienone is 1. The third-order valence-corrected chi connectivity index (χ3v) is 13.9. The van der Waals surface area contributed by atoms with Crippen molar-refractivity contribution in [3.05, 3.63) is 12.2 Å². The minimum absolute atomic E-state index is 0.250. The van der Waals surface area contributed by atoms with Gasteiger partial charge in [0.1, 0.15) is 0 Å². The fraction of sp³-hybridized carbons (Fsp3) is 0.927. The molecule has 272 valence electrons. The summed E-state index contributed by atoms with van der Waals surface area (Å²) in [6.07, 6.45) is 27.3. The van der Waals surface area contributed by atoms with Crippen LogP contribution in [-0.4, -0.2) is 57.9 Å². The van der Waals surface area contributed by atoms with Crippen LogP contribution in [-0.2, 0) is 9.53 Å². The summed E-state index contributed by atoms with van der Waals surface area (Å²) in [6.45, 7) is 16.6. The van der Waals surface area contributed by atoms with Crippen molar-refractivity contribution in [3.8, 4) is 0 Å². The van der Waals surface area contributed by atoms with E-state index in [2.05, 4.69) is 55.8 Å². The number of carbonyl (C=O) groups excluding carboxylic acids is 1. The summed E-state index contributed by atoms with van der Waals surface area (Å²) in [5.41, 5.74) is 6.52. The van der Waals surface area contributed by atoms with Gasteiger partial charge in [0.2, 0.25) is 5.91 Å². The fourth-order valence-electron chi connectivity index (χ4n) is 11.1. The Bertz CT molecular complexity index is 927. The summed E-state index contributed by atoms with van der Waals surface area (Å²) in [7, 11) is 0. The molecule has 4 saturated carbocycles. The van der Waals surface area contributed by atoms with E-state index in [1.165, 1.54) is 83.5 Å². The van der Waals surface area contributed by atoms with Gasteiger partial charge < -0.3 is 26.4 Å². The maximum absolute atomic E-state index is 12.7. The second-order valence-corrected chi connectivity index (χ2v) is 16.8. The quantitative estimate of drug-likeness (QED) is 0.0701. The Morgan fingerprint density at radius 3 is 2.34 bits per heavy atom. The number of hydrogen-bond donors (Lipinski definition) is 4. The number of nitrogens with two attached hydrogens (primary N) is 1. The molecule has 4 fully saturated rings. The number of carbonyl (C=O) groups is 1. The van der Waals surface area contributed by atoms with Crippen molar-refractivity contribution in [2.75, 3.05) is 45.9 Å². The molecule has 1 amide bonds. The molecule has 0 aromatic rings. The predicted molar refractivity (Wildman–Crippen MR) is 198 cm³/mol. The molecule has 6 heteroatoms. The Hall–Kier alpha value is -0.950. The molecule has 0 bridgehead atoms.